The van der Waals surface area contributed by atoms with Crippen LogP contribution in [0.2, 0.25) is 0 Å². The summed E-state index contributed by atoms with van der Waals surface area (Å²) in [6.07, 6.45) is 47.7. The highest BCUT2D eigenvalue weighted by atomic mass is 16.5. The molecule has 1 fully saturated rings. The van der Waals surface area contributed by atoms with E-state index in [2.05, 4.69) is 44.7 Å². The van der Waals surface area contributed by atoms with Crippen molar-refractivity contribution in [1.29, 1.82) is 0 Å². The molecule has 368 valence electrons. The molecule has 7 nitrogen and oxygen atoms in total. The number of nitrogens with zero attached hydrogens (tertiary/aromatic N) is 1. The van der Waals surface area contributed by atoms with Gasteiger partial charge in [0.2, 0.25) is 0 Å². The minimum Gasteiger partial charge on any atom is -0.462 e. The first kappa shape index (κ1) is 58.9. The Morgan fingerprint density at radius 2 is 0.762 bits per heavy atom. The zero-order valence-electron chi connectivity index (χ0n) is 42.2. The summed E-state index contributed by atoms with van der Waals surface area (Å²) in [5, 5.41) is 0. The normalized spacial score (nSPS) is 13.0. The predicted molar refractivity (Wildman–Crippen MR) is 267 cm³/mol. The van der Waals surface area contributed by atoms with E-state index < -0.39 is 0 Å². The highest BCUT2D eigenvalue weighted by Crippen LogP contribution is 2.21. The van der Waals surface area contributed by atoms with Gasteiger partial charge in [0.25, 0.3) is 0 Å². The molecule has 1 aliphatic heterocycles. The zero-order valence-corrected chi connectivity index (χ0v) is 42.2. The van der Waals surface area contributed by atoms with Crippen LogP contribution >= 0.6 is 0 Å². The van der Waals surface area contributed by atoms with Crippen LogP contribution < -0.4 is 0 Å². The number of carbonyl (C=O) groups is 3. The Bertz CT molecular complexity index is 1030. The molecule has 7 heteroatoms. The summed E-state index contributed by atoms with van der Waals surface area (Å²) in [5.41, 5.74) is 2.94. The van der Waals surface area contributed by atoms with Gasteiger partial charge in [-0.2, -0.15) is 0 Å². The molecule has 1 aliphatic rings. The standard InChI is InChI=1S/C56H103NO6/c1-5-9-24-35-51(36-25-10-6-2)44-49-61-54(58)41-30-21-17-13-15-19-28-39-53(63-56(60)43-34-48-57-46-32-23-33-47-57)40-29-20-16-14-18-22-31-42-55(59)62-50-45-52(37-26-11-7-3)38-27-12-8-4/h44-45,53H,5-43,46-50H2,1-4H3. The molecule has 0 aliphatic carbocycles. The summed E-state index contributed by atoms with van der Waals surface area (Å²) < 4.78 is 17.3. The molecular formula is C56H103NO6. The van der Waals surface area contributed by atoms with Crippen LogP contribution in [0.3, 0.4) is 0 Å². The van der Waals surface area contributed by atoms with E-state index in [9.17, 15) is 14.4 Å². The number of ether oxygens (including phenoxy) is 3. The first-order valence-corrected chi connectivity index (χ1v) is 27.5. The molecule has 0 aromatic rings. The minimum absolute atomic E-state index is 0.0140. The molecule has 0 aromatic heterocycles. The smallest absolute Gasteiger partial charge is 0.306 e. The van der Waals surface area contributed by atoms with Crippen molar-refractivity contribution in [3.8, 4) is 0 Å². The number of hydrogen-bond acceptors (Lipinski definition) is 7. The van der Waals surface area contributed by atoms with E-state index in [0.717, 1.165) is 103 Å². The largest absolute Gasteiger partial charge is 0.462 e. The maximum atomic E-state index is 12.9. The number of carbonyl (C=O) groups excluding carboxylic acids is 3. The number of piperidine rings is 1. The summed E-state index contributed by atoms with van der Waals surface area (Å²) in [5.74, 6) is -0.131. The summed E-state index contributed by atoms with van der Waals surface area (Å²) in [4.78, 5) is 40.2. The lowest BCUT2D eigenvalue weighted by molar-refractivity contribution is -0.150. The number of hydrogen-bond donors (Lipinski definition) is 0. The van der Waals surface area contributed by atoms with Gasteiger partial charge in [0.1, 0.15) is 19.3 Å². The maximum Gasteiger partial charge on any atom is 0.306 e. The fraction of sp³-hybridized carbons (Fsp3) is 0.875. The highest BCUT2D eigenvalue weighted by Gasteiger charge is 2.16. The van der Waals surface area contributed by atoms with Gasteiger partial charge in [0, 0.05) is 19.3 Å². The van der Waals surface area contributed by atoms with Gasteiger partial charge in [-0.3, -0.25) is 14.4 Å². The van der Waals surface area contributed by atoms with Gasteiger partial charge < -0.3 is 19.1 Å². The first-order valence-electron chi connectivity index (χ1n) is 27.5. The SMILES string of the molecule is CCCCCC(=CCOC(=O)CCCCCCCCCC(CCCCCCCCCC(=O)OCC=C(CCCCC)CCCCC)OC(=O)CCCN1CCCCC1)CCCCC. The van der Waals surface area contributed by atoms with Crippen LogP contribution in [0.4, 0.5) is 0 Å². The summed E-state index contributed by atoms with van der Waals surface area (Å²) in [6.45, 7) is 13.2. The Morgan fingerprint density at radius 3 is 1.16 bits per heavy atom. The van der Waals surface area contributed by atoms with E-state index in [4.69, 9.17) is 14.2 Å². The van der Waals surface area contributed by atoms with E-state index in [1.54, 1.807) is 0 Å². The average molecular weight is 886 g/mol. The number of esters is 3. The third-order valence-corrected chi connectivity index (χ3v) is 13.1. The Hall–Kier alpha value is -2.15. The Labute approximate surface area is 390 Å². The van der Waals surface area contributed by atoms with Crippen LogP contribution in [0.5, 0.6) is 0 Å². The van der Waals surface area contributed by atoms with E-state index in [-0.39, 0.29) is 24.0 Å². The zero-order chi connectivity index (χ0) is 45.7. The van der Waals surface area contributed by atoms with Gasteiger partial charge in [-0.1, -0.05) is 161 Å². The van der Waals surface area contributed by atoms with E-state index >= 15 is 0 Å². The second-order valence-corrected chi connectivity index (χ2v) is 19.1. The molecule has 1 rings (SSSR count). The summed E-state index contributed by atoms with van der Waals surface area (Å²) >= 11 is 0. The lowest BCUT2D eigenvalue weighted by atomic mass is 10.0. The summed E-state index contributed by atoms with van der Waals surface area (Å²) in [7, 11) is 0. The minimum atomic E-state index is -0.0584. The molecule has 1 heterocycles. The molecule has 0 atom stereocenters. The molecule has 0 saturated carbocycles. The molecule has 0 spiro atoms. The maximum absolute atomic E-state index is 12.9. The molecular weight excluding hydrogens is 783 g/mol. The topological polar surface area (TPSA) is 82.1 Å². The second kappa shape index (κ2) is 45.0. The Morgan fingerprint density at radius 1 is 0.413 bits per heavy atom. The van der Waals surface area contributed by atoms with Crippen molar-refractivity contribution in [2.24, 2.45) is 0 Å². The fourth-order valence-electron chi connectivity index (χ4n) is 8.90. The van der Waals surface area contributed by atoms with E-state index in [1.165, 1.54) is 159 Å². The predicted octanol–water partition coefficient (Wildman–Crippen LogP) is 16.4. The lowest BCUT2D eigenvalue weighted by Crippen LogP contribution is -2.31. The van der Waals surface area contributed by atoms with Crippen LogP contribution in [0.25, 0.3) is 0 Å². The fourth-order valence-corrected chi connectivity index (χ4v) is 8.90. The van der Waals surface area contributed by atoms with Crippen molar-refractivity contribution in [2.45, 2.75) is 284 Å². The number of likely N-dealkylation sites (tertiary alicyclic amines) is 1. The van der Waals surface area contributed by atoms with Crippen molar-refractivity contribution in [3.63, 3.8) is 0 Å². The van der Waals surface area contributed by atoms with Crippen molar-refractivity contribution < 1.29 is 28.6 Å². The lowest BCUT2D eigenvalue weighted by Gasteiger charge is -2.26. The van der Waals surface area contributed by atoms with Crippen LogP contribution in [0.1, 0.15) is 278 Å². The molecule has 0 radical (unpaired) electrons. The van der Waals surface area contributed by atoms with Gasteiger partial charge in [-0.25, -0.2) is 0 Å². The monoisotopic (exact) mass is 886 g/mol. The molecule has 0 unspecified atom stereocenters. The van der Waals surface area contributed by atoms with E-state index in [1.807, 2.05) is 0 Å². The first-order chi connectivity index (χ1) is 30.9. The average Bonchev–Trinajstić information content (AvgIpc) is 3.28. The van der Waals surface area contributed by atoms with Gasteiger partial charge in [-0.05, 0) is 141 Å². The van der Waals surface area contributed by atoms with Gasteiger partial charge in [-0.15, -0.1) is 0 Å². The Kier molecular flexibility index (Phi) is 42.1. The molecule has 63 heavy (non-hydrogen) atoms. The van der Waals surface area contributed by atoms with Crippen molar-refractivity contribution in [3.05, 3.63) is 23.3 Å². The van der Waals surface area contributed by atoms with Crippen molar-refractivity contribution >= 4 is 17.9 Å². The third-order valence-electron chi connectivity index (χ3n) is 13.1. The number of allylic oxidation sites excluding steroid dienone is 2. The van der Waals surface area contributed by atoms with Crippen LogP contribution in [-0.2, 0) is 28.6 Å². The molecule has 0 bridgehead atoms. The summed E-state index contributed by atoms with van der Waals surface area (Å²) in [6, 6.07) is 0. The molecule has 0 aromatic carbocycles. The van der Waals surface area contributed by atoms with Gasteiger partial charge in [0.15, 0.2) is 0 Å². The molecule has 0 amide bonds. The van der Waals surface area contributed by atoms with Gasteiger partial charge in [0.05, 0.1) is 0 Å². The van der Waals surface area contributed by atoms with Crippen LogP contribution in [0, 0.1) is 0 Å². The number of unbranched alkanes of at least 4 members (excludes halogenated alkanes) is 20. The second-order valence-electron chi connectivity index (χ2n) is 19.1. The van der Waals surface area contributed by atoms with Crippen molar-refractivity contribution in [1.82, 2.24) is 4.90 Å². The van der Waals surface area contributed by atoms with Gasteiger partial charge >= 0.3 is 17.9 Å². The quantitative estimate of drug-likeness (QED) is 0.0261. The number of rotatable bonds is 45. The Balaban J connectivity index is 2.30. The van der Waals surface area contributed by atoms with Crippen LogP contribution in [-0.4, -0.2) is 61.8 Å². The third kappa shape index (κ3) is 38.8. The van der Waals surface area contributed by atoms with Crippen LogP contribution in [0.15, 0.2) is 23.3 Å². The highest BCUT2D eigenvalue weighted by molar-refractivity contribution is 5.70. The van der Waals surface area contributed by atoms with Crippen molar-refractivity contribution in [2.75, 3.05) is 32.8 Å². The molecule has 0 N–H and O–H groups in total. The van der Waals surface area contributed by atoms with E-state index in [0.29, 0.717) is 32.5 Å². The molecule has 1 saturated heterocycles.